The third-order valence-electron chi connectivity index (χ3n) is 5.05. The maximum Gasteiger partial charge on any atom is 0.0320 e. The molecule has 166 valence electrons. The van der Waals surface area contributed by atoms with Gasteiger partial charge in [0.15, 0.2) is 0 Å². The van der Waals surface area contributed by atoms with Crippen LogP contribution in [0.5, 0.6) is 0 Å². The van der Waals surface area contributed by atoms with E-state index in [-0.39, 0.29) is 0 Å². The Morgan fingerprint density at radius 1 is 0.933 bits per heavy atom. The highest BCUT2D eigenvalue weighted by Gasteiger charge is 2.03. The van der Waals surface area contributed by atoms with Gasteiger partial charge in [0.2, 0.25) is 0 Å². The van der Waals surface area contributed by atoms with E-state index < -0.39 is 0 Å². The van der Waals surface area contributed by atoms with Gasteiger partial charge >= 0.3 is 0 Å². The van der Waals surface area contributed by atoms with Crippen LogP contribution in [0, 0.1) is 0 Å². The van der Waals surface area contributed by atoms with Gasteiger partial charge in [-0.25, -0.2) is 0 Å². The summed E-state index contributed by atoms with van der Waals surface area (Å²) in [6.07, 6.45) is 13.9. The van der Waals surface area contributed by atoms with Crippen LogP contribution in [-0.4, -0.2) is 17.5 Å². The Morgan fingerprint density at radius 2 is 1.57 bits per heavy atom. The summed E-state index contributed by atoms with van der Waals surface area (Å²) in [6.45, 7) is 15.3. The second kappa shape index (κ2) is 16.1. The van der Waals surface area contributed by atoms with Gasteiger partial charge in [0, 0.05) is 23.2 Å². The number of aryl methyl sites for hydroxylation is 1. The van der Waals surface area contributed by atoms with Crippen LogP contribution in [0.15, 0.2) is 77.6 Å². The molecule has 1 N–H and O–H groups in total. The Hall–Kier alpha value is -1.67. The quantitative estimate of drug-likeness (QED) is 0.224. The van der Waals surface area contributed by atoms with E-state index in [1.807, 2.05) is 11.8 Å². The van der Waals surface area contributed by atoms with Crippen molar-refractivity contribution in [3.8, 4) is 0 Å². The number of hydrogen-bond acceptors (Lipinski definition) is 2. The van der Waals surface area contributed by atoms with Crippen LogP contribution >= 0.6 is 11.8 Å². The first-order valence-corrected chi connectivity index (χ1v) is 12.5. The smallest absolute Gasteiger partial charge is 0.0320 e. The van der Waals surface area contributed by atoms with Crippen molar-refractivity contribution in [3.05, 3.63) is 83.1 Å². The first-order valence-electron chi connectivity index (χ1n) is 11.4. The van der Waals surface area contributed by atoms with Crippen molar-refractivity contribution in [2.75, 3.05) is 11.5 Å². The van der Waals surface area contributed by atoms with Crippen LogP contribution in [0.4, 0.5) is 0 Å². The van der Waals surface area contributed by atoms with E-state index in [0.717, 1.165) is 36.5 Å². The van der Waals surface area contributed by atoms with Gasteiger partial charge in [0.1, 0.15) is 0 Å². The van der Waals surface area contributed by atoms with Crippen molar-refractivity contribution in [2.45, 2.75) is 79.2 Å². The molecule has 30 heavy (non-hydrogen) atoms. The molecule has 0 aliphatic rings. The summed E-state index contributed by atoms with van der Waals surface area (Å²) in [5.41, 5.74) is 6.96. The molecule has 0 amide bonds. The van der Waals surface area contributed by atoms with Crippen LogP contribution in [0.3, 0.4) is 0 Å². The molecule has 1 rings (SSSR count). The van der Waals surface area contributed by atoms with Crippen molar-refractivity contribution < 1.29 is 0 Å². The van der Waals surface area contributed by atoms with Crippen molar-refractivity contribution in [1.29, 1.82) is 0 Å². The van der Waals surface area contributed by atoms with Crippen LogP contribution in [0.1, 0.15) is 72.3 Å². The van der Waals surface area contributed by atoms with Gasteiger partial charge in [-0.1, -0.05) is 71.9 Å². The zero-order chi connectivity index (χ0) is 22.2. The molecule has 1 aromatic carbocycles. The van der Waals surface area contributed by atoms with E-state index in [1.54, 1.807) is 0 Å². The number of rotatable bonds is 15. The zero-order valence-electron chi connectivity index (χ0n) is 20.0. The maximum atomic E-state index is 4.20. The van der Waals surface area contributed by atoms with Gasteiger partial charge in [0.05, 0.1) is 0 Å². The summed E-state index contributed by atoms with van der Waals surface area (Å²) in [4.78, 5) is 0. The highest BCUT2D eigenvalue weighted by Crippen LogP contribution is 2.13. The van der Waals surface area contributed by atoms with Gasteiger partial charge in [-0.3, -0.25) is 0 Å². The van der Waals surface area contributed by atoms with Gasteiger partial charge in [-0.15, -0.1) is 0 Å². The van der Waals surface area contributed by atoms with Crippen molar-refractivity contribution in [2.24, 2.45) is 0 Å². The molecule has 0 aliphatic carbocycles. The minimum absolute atomic E-state index is 0.457. The molecule has 0 spiro atoms. The van der Waals surface area contributed by atoms with E-state index in [9.17, 15) is 0 Å². The molecule has 0 heterocycles. The van der Waals surface area contributed by atoms with Crippen molar-refractivity contribution in [3.63, 3.8) is 0 Å². The SMILES string of the molecule is C=C(CCc1ccccc1)NC(C)CSC/C=C(\C)CC/C=C(\C)CCC=C(C)C. The third-order valence-corrected chi connectivity index (χ3v) is 6.19. The van der Waals surface area contributed by atoms with Gasteiger partial charge in [-0.2, -0.15) is 11.8 Å². The first kappa shape index (κ1) is 26.4. The Labute approximate surface area is 190 Å². The average molecular weight is 426 g/mol. The lowest BCUT2D eigenvalue weighted by Gasteiger charge is -2.16. The molecule has 0 fully saturated rings. The largest absolute Gasteiger partial charge is 0.386 e. The molecular formula is C28H43NS. The number of allylic oxidation sites excluding steroid dienone is 6. The summed E-state index contributed by atoms with van der Waals surface area (Å²) in [5, 5.41) is 3.56. The van der Waals surface area contributed by atoms with E-state index in [2.05, 4.69) is 95.1 Å². The second-order valence-corrected chi connectivity index (χ2v) is 9.71. The second-order valence-electron chi connectivity index (χ2n) is 8.63. The molecular weight excluding hydrogens is 382 g/mol. The van der Waals surface area contributed by atoms with E-state index in [1.165, 1.54) is 41.5 Å². The predicted molar refractivity (Wildman–Crippen MR) is 139 cm³/mol. The highest BCUT2D eigenvalue weighted by molar-refractivity contribution is 7.99. The lowest BCUT2D eigenvalue weighted by atomic mass is 10.1. The van der Waals surface area contributed by atoms with Crippen LogP contribution in [-0.2, 0) is 6.42 Å². The van der Waals surface area contributed by atoms with Gasteiger partial charge in [-0.05, 0) is 78.7 Å². The van der Waals surface area contributed by atoms with Crippen molar-refractivity contribution in [1.82, 2.24) is 5.32 Å². The minimum Gasteiger partial charge on any atom is -0.386 e. The molecule has 1 atom stereocenters. The fourth-order valence-electron chi connectivity index (χ4n) is 3.19. The Morgan fingerprint density at radius 3 is 2.23 bits per heavy atom. The zero-order valence-corrected chi connectivity index (χ0v) is 20.8. The average Bonchev–Trinajstić information content (AvgIpc) is 2.70. The molecule has 0 saturated heterocycles. The van der Waals surface area contributed by atoms with Crippen LogP contribution in [0.25, 0.3) is 0 Å². The van der Waals surface area contributed by atoms with E-state index >= 15 is 0 Å². The third kappa shape index (κ3) is 14.3. The number of benzene rings is 1. The molecule has 0 saturated carbocycles. The maximum absolute atomic E-state index is 4.20. The van der Waals surface area contributed by atoms with E-state index in [0.29, 0.717) is 6.04 Å². The minimum atomic E-state index is 0.457. The summed E-state index contributed by atoms with van der Waals surface area (Å²) in [7, 11) is 0. The fourth-order valence-corrected chi connectivity index (χ4v) is 4.16. The first-order chi connectivity index (χ1) is 14.4. The normalized spacial score (nSPS) is 13.1. The standard InChI is InChI=1S/C28H43NS/c1-23(2)12-10-13-24(3)14-11-15-25(4)20-21-30-22-27(6)29-26(5)18-19-28-16-8-7-9-17-28/h7-9,12,14,16-17,20,27,29H,5,10-11,13,15,18-19,21-22H2,1-4,6H3/b24-14+,25-20+. The van der Waals surface area contributed by atoms with Gasteiger partial charge < -0.3 is 5.32 Å². The van der Waals surface area contributed by atoms with Crippen LogP contribution in [0.2, 0.25) is 0 Å². The fraction of sp³-hybridized carbons (Fsp3) is 0.500. The summed E-state index contributed by atoms with van der Waals surface area (Å²) in [5.74, 6) is 2.20. The Balaban J connectivity index is 2.14. The molecule has 1 unspecified atom stereocenters. The topological polar surface area (TPSA) is 12.0 Å². The summed E-state index contributed by atoms with van der Waals surface area (Å²) < 4.78 is 0. The molecule has 0 radical (unpaired) electrons. The highest BCUT2D eigenvalue weighted by atomic mass is 32.2. The Bertz CT molecular complexity index is 693. The summed E-state index contributed by atoms with van der Waals surface area (Å²) in [6, 6.07) is 11.1. The number of hydrogen-bond donors (Lipinski definition) is 1. The molecule has 0 bridgehead atoms. The number of nitrogens with one attached hydrogen (secondary N) is 1. The molecule has 0 aliphatic heterocycles. The van der Waals surface area contributed by atoms with Crippen molar-refractivity contribution >= 4 is 11.8 Å². The summed E-state index contributed by atoms with van der Waals surface area (Å²) >= 11 is 2.00. The lowest BCUT2D eigenvalue weighted by molar-refractivity contribution is 0.650. The molecule has 0 aromatic heterocycles. The van der Waals surface area contributed by atoms with E-state index in [4.69, 9.17) is 0 Å². The molecule has 1 aromatic rings. The predicted octanol–water partition coefficient (Wildman–Crippen LogP) is 8.26. The monoisotopic (exact) mass is 425 g/mol. The molecule has 1 nitrogen and oxygen atoms in total. The van der Waals surface area contributed by atoms with Crippen LogP contribution < -0.4 is 5.32 Å². The number of thioether (sulfide) groups is 1. The lowest BCUT2D eigenvalue weighted by Crippen LogP contribution is -2.27. The molecule has 2 heteroatoms. The Kier molecular flexibility index (Phi) is 14.1. The van der Waals surface area contributed by atoms with Gasteiger partial charge in [0.25, 0.3) is 0 Å².